The van der Waals surface area contributed by atoms with Gasteiger partial charge in [0.05, 0.1) is 17.4 Å². The van der Waals surface area contributed by atoms with Gasteiger partial charge in [-0.05, 0) is 39.9 Å². The minimum absolute atomic E-state index is 0.397. The quantitative estimate of drug-likeness (QED) is 0.653. The van der Waals surface area contributed by atoms with E-state index in [1.807, 2.05) is 39.6 Å². The summed E-state index contributed by atoms with van der Waals surface area (Å²) in [5.74, 6) is 0. The third-order valence-electron chi connectivity index (χ3n) is 3.21. The van der Waals surface area contributed by atoms with E-state index >= 15 is 0 Å². The molecule has 80 valence electrons. The van der Waals surface area contributed by atoms with Gasteiger partial charge in [-0.2, -0.15) is 0 Å². The van der Waals surface area contributed by atoms with E-state index in [-0.39, 0.29) is 0 Å². The van der Waals surface area contributed by atoms with Crippen molar-refractivity contribution in [3.63, 3.8) is 0 Å². The van der Waals surface area contributed by atoms with Crippen molar-refractivity contribution in [3.05, 3.63) is 16.8 Å². The van der Waals surface area contributed by atoms with Gasteiger partial charge >= 0.3 is 0 Å². The van der Waals surface area contributed by atoms with Crippen LogP contribution < -0.4 is 0 Å². The van der Waals surface area contributed by atoms with E-state index in [4.69, 9.17) is 0 Å². The Morgan fingerprint density at radius 3 is 2.14 bits per heavy atom. The van der Waals surface area contributed by atoms with Crippen LogP contribution in [0, 0.1) is 4.91 Å². The Bertz CT molecular complexity index is 284. The van der Waals surface area contributed by atoms with Crippen LogP contribution in [0.25, 0.3) is 0 Å². The standard InChI is InChI=1S/C9H17N3O2/c1-8(2)7(6-10-13)12(14)9(3,4)11(8)5/h6,14H,1-5H3/b7-6+. The molecule has 0 radical (unpaired) electrons. The van der Waals surface area contributed by atoms with Gasteiger partial charge in [-0.15, -0.1) is 4.91 Å². The lowest BCUT2D eigenvalue weighted by molar-refractivity contribution is -0.147. The Balaban J connectivity index is 3.23. The monoisotopic (exact) mass is 199 g/mol. The predicted octanol–water partition coefficient (Wildman–Crippen LogP) is 1.75. The van der Waals surface area contributed by atoms with Gasteiger partial charge in [0.1, 0.15) is 5.66 Å². The number of likely N-dealkylation sites (N-methyl/N-ethyl adjacent to an activating group) is 1. The molecule has 0 bridgehead atoms. The molecule has 1 aliphatic heterocycles. The zero-order valence-electron chi connectivity index (χ0n) is 9.27. The first-order valence-corrected chi connectivity index (χ1v) is 4.52. The average Bonchev–Trinajstić information content (AvgIpc) is 2.19. The molecule has 0 amide bonds. The molecular formula is C9H17N3O2. The number of nitroso groups, excluding NO2 is 1. The van der Waals surface area contributed by atoms with Crippen molar-refractivity contribution in [2.24, 2.45) is 5.18 Å². The molecule has 5 heteroatoms. The molecule has 0 aromatic carbocycles. The summed E-state index contributed by atoms with van der Waals surface area (Å²) < 4.78 is 0. The molecule has 0 spiro atoms. The molecule has 1 N–H and O–H groups in total. The summed E-state index contributed by atoms with van der Waals surface area (Å²) in [6.07, 6.45) is 1.16. The van der Waals surface area contributed by atoms with Crippen LogP contribution in [-0.4, -0.2) is 33.4 Å². The van der Waals surface area contributed by atoms with E-state index in [0.717, 1.165) is 11.3 Å². The maximum absolute atomic E-state index is 10.2. The minimum atomic E-state index is -0.528. The second-order valence-corrected chi connectivity index (χ2v) is 4.54. The normalized spacial score (nSPS) is 28.4. The lowest BCUT2D eigenvalue weighted by Crippen LogP contribution is -2.48. The van der Waals surface area contributed by atoms with Crippen molar-refractivity contribution in [1.82, 2.24) is 9.96 Å². The fraction of sp³-hybridized carbons (Fsp3) is 0.778. The molecule has 0 atom stereocenters. The largest absolute Gasteiger partial charge is 0.287 e. The summed E-state index contributed by atoms with van der Waals surface area (Å²) in [5.41, 5.74) is -0.411. The fourth-order valence-corrected chi connectivity index (χ4v) is 1.81. The predicted molar refractivity (Wildman–Crippen MR) is 53.4 cm³/mol. The van der Waals surface area contributed by atoms with E-state index in [9.17, 15) is 10.1 Å². The number of hydroxylamine groups is 2. The minimum Gasteiger partial charge on any atom is -0.287 e. The van der Waals surface area contributed by atoms with E-state index in [1.54, 1.807) is 0 Å². The van der Waals surface area contributed by atoms with Crippen molar-refractivity contribution in [3.8, 4) is 0 Å². The molecule has 0 saturated carbocycles. The summed E-state index contributed by atoms with van der Waals surface area (Å²) in [4.78, 5) is 12.2. The summed E-state index contributed by atoms with van der Waals surface area (Å²) in [5, 5.41) is 13.7. The van der Waals surface area contributed by atoms with Gasteiger partial charge in [0.15, 0.2) is 0 Å². The molecule has 1 fully saturated rings. The van der Waals surface area contributed by atoms with Gasteiger partial charge in [-0.3, -0.25) is 10.1 Å². The third kappa shape index (κ3) is 1.24. The second-order valence-electron chi connectivity index (χ2n) is 4.54. The molecule has 1 heterocycles. The third-order valence-corrected chi connectivity index (χ3v) is 3.21. The molecule has 5 nitrogen and oxygen atoms in total. The van der Waals surface area contributed by atoms with Crippen LogP contribution in [0.1, 0.15) is 27.7 Å². The van der Waals surface area contributed by atoms with E-state index < -0.39 is 11.2 Å². The molecule has 0 aromatic rings. The van der Waals surface area contributed by atoms with Crippen LogP contribution >= 0.6 is 0 Å². The van der Waals surface area contributed by atoms with Crippen LogP contribution in [0.15, 0.2) is 17.1 Å². The Morgan fingerprint density at radius 1 is 1.36 bits per heavy atom. The van der Waals surface area contributed by atoms with Crippen LogP contribution in [-0.2, 0) is 0 Å². The SMILES string of the molecule is CN1C(C)(C)/C(=C\N=O)N(O)C1(C)C. The molecule has 0 unspecified atom stereocenters. The Hall–Kier alpha value is -0.940. The molecule has 1 saturated heterocycles. The van der Waals surface area contributed by atoms with Gasteiger partial charge in [-0.1, -0.05) is 0 Å². The number of rotatable bonds is 1. The van der Waals surface area contributed by atoms with Crippen molar-refractivity contribution in [2.75, 3.05) is 7.05 Å². The zero-order chi connectivity index (χ0) is 11.1. The van der Waals surface area contributed by atoms with Crippen LogP contribution in [0.5, 0.6) is 0 Å². The molecule has 1 rings (SSSR count). The highest BCUT2D eigenvalue weighted by Crippen LogP contribution is 2.41. The Morgan fingerprint density at radius 2 is 1.86 bits per heavy atom. The van der Waals surface area contributed by atoms with Gasteiger partial charge < -0.3 is 0 Å². The first kappa shape index (κ1) is 11.1. The first-order chi connectivity index (χ1) is 6.26. The maximum Gasteiger partial charge on any atom is 0.114 e. The lowest BCUT2D eigenvalue weighted by Gasteiger charge is -2.35. The summed E-state index contributed by atoms with van der Waals surface area (Å²) >= 11 is 0. The Kier molecular flexibility index (Phi) is 2.41. The van der Waals surface area contributed by atoms with E-state index in [1.165, 1.54) is 0 Å². The highest BCUT2D eigenvalue weighted by atomic mass is 16.5. The van der Waals surface area contributed by atoms with Gasteiger partial charge in [-0.25, -0.2) is 5.06 Å². The van der Waals surface area contributed by atoms with Gasteiger partial charge in [0, 0.05) is 0 Å². The second kappa shape index (κ2) is 3.03. The van der Waals surface area contributed by atoms with E-state index in [0.29, 0.717) is 5.70 Å². The maximum atomic E-state index is 10.2. The summed E-state index contributed by atoms with van der Waals surface area (Å²) in [6.45, 7) is 7.62. The van der Waals surface area contributed by atoms with Crippen LogP contribution in [0.4, 0.5) is 0 Å². The number of hydrogen-bond acceptors (Lipinski definition) is 5. The fourth-order valence-electron chi connectivity index (χ4n) is 1.81. The number of hydrogen-bond donors (Lipinski definition) is 1. The van der Waals surface area contributed by atoms with Crippen molar-refractivity contribution < 1.29 is 5.21 Å². The molecule has 0 aliphatic carbocycles. The Labute approximate surface area is 83.9 Å². The molecular weight excluding hydrogens is 182 g/mol. The van der Waals surface area contributed by atoms with Crippen molar-refractivity contribution in [1.29, 1.82) is 0 Å². The van der Waals surface area contributed by atoms with Gasteiger partial charge in [0.25, 0.3) is 0 Å². The van der Waals surface area contributed by atoms with Crippen molar-refractivity contribution >= 4 is 0 Å². The zero-order valence-corrected chi connectivity index (χ0v) is 9.27. The topological polar surface area (TPSA) is 56.1 Å². The average molecular weight is 199 g/mol. The molecule has 14 heavy (non-hydrogen) atoms. The first-order valence-electron chi connectivity index (χ1n) is 4.52. The van der Waals surface area contributed by atoms with E-state index in [2.05, 4.69) is 5.18 Å². The van der Waals surface area contributed by atoms with Gasteiger partial charge in [0.2, 0.25) is 0 Å². The lowest BCUT2D eigenvalue weighted by atomic mass is 10.0. The smallest absolute Gasteiger partial charge is 0.114 e. The van der Waals surface area contributed by atoms with Crippen LogP contribution in [0.3, 0.4) is 0 Å². The number of nitrogens with zero attached hydrogens (tertiary/aromatic N) is 3. The molecule has 0 aromatic heterocycles. The highest BCUT2D eigenvalue weighted by Gasteiger charge is 2.51. The highest BCUT2D eigenvalue weighted by molar-refractivity contribution is 5.23. The van der Waals surface area contributed by atoms with Crippen LogP contribution in [0.2, 0.25) is 0 Å². The summed E-state index contributed by atoms with van der Waals surface area (Å²) in [7, 11) is 1.90. The molecule has 1 aliphatic rings. The van der Waals surface area contributed by atoms with Crippen molar-refractivity contribution in [2.45, 2.75) is 38.9 Å². The summed E-state index contributed by atoms with van der Waals surface area (Å²) in [6, 6.07) is 0.